The molecule has 0 bridgehead atoms. The Morgan fingerprint density at radius 1 is 0.889 bits per heavy atom. The van der Waals surface area contributed by atoms with E-state index in [0.29, 0.717) is 0 Å². The second-order valence-corrected chi connectivity index (χ2v) is 4.70. The van der Waals surface area contributed by atoms with Crippen LogP contribution in [0.1, 0.15) is 22.5 Å². The second kappa shape index (κ2) is 6.69. The van der Waals surface area contributed by atoms with Crippen molar-refractivity contribution >= 4 is 0 Å². The van der Waals surface area contributed by atoms with E-state index in [1.165, 1.54) is 22.5 Å². The lowest BCUT2D eigenvalue weighted by Crippen LogP contribution is -3.00. The van der Waals surface area contributed by atoms with Crippen molar-refractivity contribution in [1.82, 2.24) is 0 Å². The fraction of sp³-hybridized carbons (Fsp3) is 0.312. The molecule has 0 radical (unpaired) electrons. The van der Waals surface area contributed by atoms with E-state index in [1.54, 1.807) is 0 Å². The smallest absolute Gasteiger partial charge is 0.178 e. The predicted octanol–water partition coefficient (Wildman–Crippen LogP) is 0.146. The van der Waals surface area contributed by atoms with E-state index in [0.717, 1.165) is 13.0 Å². The Morgan fingerprint density at radius 3 is 2.00 bits per heavy atom. The van der Waals surface area contributed by atoms with E-state index in [2.05, 4.69) is 67.8 Å². The van der Waals surface area contributed by atoms with Gasteiger partial charge in [-0.15, -0.1) is 0 Å². The Morgan fingerprint density at radius 2 is 1.44 bits per heavy atom. The third-order valence-corrected chi connectivity index (χ3v) is 3.19. The van der Waals surface area contributed by atoms with Crippen molar-refractivity contribution in [2.24, 2.45) is 0 Å². The van der Waals surface area contributed by atoms with E-state index < -0.39 is 0 Å². The molecule has 1 aromatic heterocycles. The molecule has 0 saturated carbocycles. The number of benzene rings is 1. The maximum Gasteiger partial charge on any atom is 0.178 e. The van der Waals surface area contributed by atoms with Crippen LogP contribution in [0.2, 0.25) is 0 Å². The zero-order valence-electron chi connectivity index (χ0n) is 11.3. The van der Waals surface area contributed by atoms with Gasteiger partial charge in [0.2, 0.25) is 0 Å². The van der Waals surface area contributed by atoms with Gasteiger partial charge in [0.1, 0.15) is 0 Å². The summed E-state index contributed by atoms with van der Waals surface area (Å²) < 4.78 is 2.39. The van der Waals surface area contributed by atoms with Crippen molar-refractivity contribution in [1.29, 1.82) is 0 Å². The number of aryl methyl sites for hydroxylation is 4. The van der Waals surface area contributed by atoms with Gasteiger partial charge in [-0.25, -0.2) is 0 Å². The van der Waals surface area contributed by atoms with Crippen molar-refractivity contribution < 1.29 is 21.5 Å². The first kappa shape index (κ1) is 14.9. The first-order valence-electron chi connectivity index (χ1n) is 6.18. The minimum atomic E-state index is 0. The maximum atomic E-state index is 2.39. The highest BCUT2D eigenvalue weighted by molar-refractivity contribution is 5.15. The van der Waals surface area contributed by atoms with Gasteiger partial charge in [0.15, 0.2) is 17.9 Å². The molecule has 2 aromatic rings. The third kappa shape index (κ3) is 3.67. The van der Waals surface area contributed by atoms with Crippen molar-refractivity contribution in [3.63, 3.8) is 0 Å². The summed E-state index contributed by atoms with van der Waals surface area (Å²) in [6, 6.07) is 15.2. The fourth-order valence-corrected chi connectivity index (χ4v) is 2.37. The number of hydrogen-bond acceptors (Lipinski definition) is 0. The summed E-state index contributed by atoms with van der Waals surface area (Å²) in [5.41, 5.74) is 5.44. The highest BCUT2D eigenvalue weighted by atomic mass is 79.9. The molecule has 0 fully saturated rings. The number of hydrogen-bond donors (Lipinski definition) is 0. The average Bonchev–Trinajstić information content (AvgIpc) is 2.29. The van der Waals surface area contributed by atoms with Gasteiger partial charge in [-0.3, -0.25) is 0 Å². The van der Waals surface area contributed by atoms with Gasteiger partial charge in [0.25, 0.3) is 0 Å². The van der Waals surface area contributed by atoms with Crippen LogP contribution in [0.25, 0.3) is 0 Å². The number of nitrogens with zero attached hydrogens (tertiary/aromatic N) is 1. The topological polar surface area (TPSA) is 3.88 Å². The number of pyridine rings is 1. The summed E-state index contributed by atoms with van der Waals surface area (Å²) in [6.45, 7) is 7.58. The summed E-state index contributed by atoms with van der Waals surface area (Å²) in [5.74, 6) is 0. The first-order valence-corrected chi connectivity index (χ1v) is 6.18. The Kier molecular flexibility index (Phi) is 5.54. The highest BCUT2D eigenvalue weighted by Gasteiger charge is 2.10. The van der Waals surface area contributed by atoms with Crippen LogP contribution in [-0.2, 0) is 13.0 Å². The third-order valence-electron chi connectivity index (χ3n) is 3.19. The normalized spacial score (nSPS) is 9.94. The monoisotopic (exact) mass is 305 g/mol. The molecule has 96 valence electrons. The zero-order chi connectivity index (χ0) is 12.3. The SMILES string of the molecule is Cc1cc(C)[n+](CCc2ccccc2)c(C)c1.[Br-]. The summed E-state index contributed by atoms with van der Waals surface area (Å²) in [7, 11) is 0. The largest absolute Gasteiger partial charge is 1.00 e. The lowest BCUT2D eigenvalue weighted by atomic mass is 10.1. The molecule has 2 rings (SSSR count). The summed E-state index contributed by atoms with van der Waals surface area (Å²) in [4.78, 5) is 0. The van der Waals surface area contributed by atoms with Gasteiger partial charge >= 0.3 is 0 Å². The Balaban J connectivity index is 0.00000162. The molecule has 18 heavy (non-hydrogen) atoms. The Hall–Kier alpha value is -1.15. The molecular formula is C16H20BrN. The van der Waals surface area contributed by atoms with Crippen molar-refractivity contribution in [3.8, 4) is 0 Å². The molecule has 0 atom stereocenters. The minimum Gasteiger partial charge on any atom is -1.00 e. The number of halogens is 1. The van der Waals surface area contributed by atoms with E-state index in [4.69, 9.17) is 0 Å². The first-order chi connectivity index (χ1) is 8.16. The van der Waals surface area contributed by atoms with Crippen LogP contribution in [0.3, 0.4) is 0 Å². The molecule has 0 amide bonds. The summed E-state index contributed by atoms with van der Waals surface area (Å²) >= 11 is 0. The molecule has 0 aliphatic heterocycles. The summed E-state index contributed by atoms with van der Waals surface area (Å²) in [5, 5.41) is 0. The van der Waals surface area contributed by atoms with E-state index >= 15 is 0 Å². The number of rotatable bonds is 3. The van der Waals surface area contributed by atoms with Crippen LogP contribution < -0.4 is 21.5 Å². The van der Waals surface area contributed by atoms with Gasteiger partial charge in [0.05, 0.1) is 0 Å². The molecule has 0 aliphatic carbocycles. The standard InChI is InChI=1S/C16H20N.BrH/c1-13-11-14(2)17(15(3)12-13)10-9-16-7-5-4-6-8-16;/h4-8,11-12H,9-10H2,1-3H3;1H/q+1;/p-1. The molecule has 0 spiro atoms. The van der Waals surface area contributed by atoms with E-state index in [9.17, 15) is 0 Å². The molecule has 0 saturated heterocycles. The van der Waals surface area contributed by atoms with Crippen molar-refractivity contribution in [2.45, 2.75) is 33.7 Å². The van der Waals surface area contributed by atoms with Crippen LogP contribution in [0.5, 0.6) is 0 Å². The molecule has 2 heteroatoms. The molecular weight excluding hydrogens is 286 g/mol. The fourth-order valence-electron chi connectivity index (χ4n) is 2.37. The van der Waals surface area contributed by atoms with E-state index in [-0.39, 0.29) is 17.0 Å². The van der Waals surface area contributed by atoms with E-state index in [1.807, 2.05) is 0 Å². The quantitative estimate of drug-likeness (QED) is 0.711. The van der Waals surface area contributed by atoms with Crippen LogP contribution in [0.15, 0.2) is 42.5 Å². The second-order valence-electron chi connectivity index (χ2n) is 4.70. The van der Waals surface area contributed by atoms with Gasteiger partial charge in [-0.1, -0.05) is 30.3 Å². The highest BCUT2D eigenvalue weighted by Crippen LogP contribution is 2.04. The molecule has 1 heterocycles. The van der Waals surface area contributed by atoms with Crippen LogP contribution in [0, 0.1) is 20.8 Å². The van der Waals surface area contributed by atoms with Gasteiger partial charge in [-0.2, -0.15) is 4.57 Å². The van der Waals surface area contributed by atoms with Crippen LogP contribution in [0.4, 0.5) is 0 Å². The minimum absolute atomic E-state index is 0. The number of aromatic nitrogens is 1. The molecule has 0 aliphatic rings. The lowest BCUT2D eigenvalue weighted by Gasteiger charge is -2.05. The van der Waals surface area contributed by atoms with Crippen LogP contribution >= 0.6 is 0 Å². The molecule has 0 unspecified atom stereocenters. The predicted molar refractivity (Wildman–Crippen MR) is 71.0 cm³/mol. The van der Waals surface area contributed by atoms with Crippen molar-refractivity contribution in [2.75, 3.05) is 0 Å². The maximum absolute atomic E-state index is 2.39. The summed E-state index contributed by atoms with van der Waals surface area (Å²) in [6.07, 6.45) is 1.09. The Bertz CT molecular complexity index is 483. The van der Waals surface area contributed by atoms with Crippen molar-refractivity contribution in [3.05, 3.63) is 65.0 Å². The van der Waals surface area contributed by atoms with Gasteiger partial charge < -0.3 is 17.0 Å². The molecule has 1 aromatic carbocycles. The molecule has 0 N–H and O–H groups in total. The Labute approximate surface area is 120 Å². The van der Waals surface area contributed by atoms with Gasteiger partial charge in [-0.05, 0) is 18.1 Å². The van der Waals surface area contributed by atoms with Gasteiger partial charge in [0, 0.05) is 32.4 Å². The van der Waals surface area contributed by atoms with Crippen LogP contribution in [-0.4, -0.2) is 0 Å². The zero-order valence-corrected chi connectivity index (χ0v) is 12.9. The lowest BCUT2D eigenvalue weighted by molar-refractivity contribution is -0.708. The molecule has 1 nitrogen and oxygen atoms in total. The average molecular weight is 306 g/mol.